The summed E-state index contributed by atoms with van der Waals surface area (Å²) in [5, 5.41) is 0. The van der Waals surface area contributed by atoms with Gasteiger partial charge >= 0.3 is 5.97 Å². The number of allylic oxidation sites excluding steroid dienone is 13. The Labute approximate surface area is 261 Å². The molecule has 0 radical (unpaired) electrons. The van der Waals surface area contributed by atoms with Crippen LogP contribution in [0.15, 0.2) is 95.2 Å². The fourth-order valence-corrected chi connectivity index (χ4v) is 4.47. The van der Waals surface area contributed by atoms with E-state index in [1.54, 1.807) is 6.08 Å². The molecule has 0 aliphatic heterocycles. The van der Waals surface area contributed by atoms with E-state index >= 15 is 0 Å². The molecular formula is C40H64O2. The van der Waals surface area contributed by atoms with Gasteiger partial charge in [0.2, 0.25) is 0 Å². The Kier molecular flexibility index (Phi) is 26.7. The molecule has 236 valence electrons. The predicted octanol–water partition coefficient (Wildman–Crippen LogP) is 12.8. The average molecular weight is 577 g/mol. The van der Waals surface area contributed by atoms with Gasteiger partial charge in [-0.25, -0.2) is 4.79 Å². The van der Waals surface area contributed by atoms with Crippen LogP contribution >= 0.6 is 0 Å². The van der Waals surface area contributed by atoms with E-state index < -0.39 is 0 Å². The zero-order valence-electron chi connectivity index (χ0n) is 28.4. The first-order valence-corrected chi connectivity index (χ1v) is 16.7. The smallest absolute Gasteiger partial charge is 0.331 e. The first-order valence-electron chi connectivity index (χ1n) is 16.7. The Morgan fingerprint density at radius 1 is 0.595 bits per heavy atom. The van der Waals surface area contributed by atoms with Gasteiger partial charge in [0.05, 0.1) is 0 Å². The minimum absolute atomic E-state index is 0.257. The fourth-order valence-electron chi connectivity index (χ4n) is 4.47. The molecule has 0 amide bonds. The summed E-state index contributed by atoms with van der Waals surface area (Å²) < 4.78 is 5.83. The van der Waals surface area contributed by atoms with Crippen LogP contribution in [0.2, 0.25) is 0 Å². The maximum atomic E-state index is 12.6. The molecule has 0 fully saturated rings. The van der Waals surface area contributed by atoms with Gasteiger partial charge in [0, 0.05) is 12.5 Å². The van der Waals surface area contributed by atoms with Crippen LogP contribution in [0.4, 0.5) is 0 Å². The molecule has 0 heterocycles. The molecule has 0 bridgehead atoms. The van der Waals surface area contributed by atoms with E-state index in [2.05, 4.69) is 84.9 Å². The number of rotatable bonds is 24. The SMILES string of the molecule is CCCCCCCCCCC/C=C/C=C/C=C/C=C/C(=O)OC(/C=C(\C)CCC=C(C)C)C/C=C(\C)CCC=C(C)C. The highest BCUT2D eigenvalue weighted by molar-refractivity contribution is 5.82. The van der Waals surface area contributed by atoms with Crippen molar-refractivity contribution in [3.63, 3.8) is 0 Å². The van der Waals surface area contributed by atoms with Crippen LogP contribution in [-0.4, -0.2) is 12.1 Å². The van der Waals surface area contributed by atoms with E-state index in [1.165, 1.54) is 86.2 Å². The van der Waals surface area contributed by atoms with Crippen molar-refractivity contribution in [3.05, 3.63) is 95.2 Å². The second-order valence-corrected chi connectivity index (χ2v) is 12.1. The summed E-state index contributed by atoms with van der Waals surface area (Å²) >= 11 is 0. The number of unbranched alkanes of at least 4 members (excludes halogenated alkanes) is 9. The monoisotopic (exact) mass is 576 g/mol. The maximum Gasteiger partial charge on any atom is 0.331 e. The van der Waals surface area contributed by atoms with Crippen molar-refractivity contribution in [1.29, 1.82) is 0 Å². The molecule has 0 rings (SSSR count). The number of hydrogen-bond donors (Lipinski definition) is 0. The molecule has 2 heteroatoms. The summed E-state index contributed by atoms with van der Waals surface area (Å²) in [5.74, 6) is -0.307. The first kappa shape index (κ1) is 39.4. The van der Waals surface area contributed by atoms with Crippen molar-refractivity contribution in [2.45, 2.75) is 151 Å². The largest absolute Gasteiger partial charge is 0.455 e. The van der Waals surface area contributed by atoms with Crippen molar-refractivity contribution >= 4 is 5.97 Å². The van der Waals surface area contributed by atoms with Crippen LogP contribution in [0.5, 0.6) is 0 Å². The molecule has 0 aromatic carbocycles. The molecule has 0 saturated heterocycles. The Hall–Kier alpha value is -2.61. The van der Waals surface area contributed by atoms with Gasteiger partial charge in [0.15, 0.2) is 0 Å². The standard InChI is InChI=1S/C40H64O2/c1-8-9-10-11-12-13-14-15-16-17-18-19-20-21-22-23-24-31-40(41)42-39(34-38(7)30-26-28-36(4)5)33-32-37(6)29-25-27-35(2)3/h18-24,27-28,31-32,34,39H,8-17,25-26,29-30,33H2,1-7H3/b19-18+,21-20+,23-22+,31-24+,37-32+,38-34+. The number of hydrogen-bond acceptors (Lipinski definition) is 2. The molecule has 1 unspecified atom stereocenters. The highest BCUT2D eigenvalue weighted by Crippen LogP contribution is 2.15. The second kappa shape index (κ2) is 28.5. The summed E-state index contributed by atoms with van der Waals surface area (Å²) in [6.07, 6.45) is 42.3. The van der Waals surface area contributed by atoms with Gasteiger partial charge in [-0.15, -0.1) is 0 Å². The Balaban J connectivity index is 4.61. The van der Waals surface area contributed by atoms with Gasteiger partial charge in [-0.3, -0.25) is 0 Å². The molecule has 1 atom stereocenters. The van der Waals surface area contributed by atoms with Crippen LogP contribution in [0.25, 0.3) is 0 Å². The van der Waals surface area contributed by atoms with Crippen molar-refractivity contribution in [3.8, 4) is 0 Å². The van der Waals surface area contributed by atoms with Crippen LogP contribution in [0, 0.1) is 0 Å². The number of esters is 1. The van der Waals surface area contributed by atoms with E-state index in [0.29, 0.717) is 6.42 Å². The molecule has 0 spiro atoms. The summed E-state index contributed by atoms with van der Waals surface area (Å²) in [5.41, 5.74) is 5.26. The van der Waals surface area contributed by atoms with Crippen molar-refractivity contribution in [2.75, 3.05) is 0 Å². The van der Waals surface area contributed by atoms with Gasteiger partial charge in [-0.05, 0) is 86.1 Å². The highest BCUT2D eigenvalue weighted by atomic mass is 16.5. The number of carbonyl (C=O) groups is 1. The lowest BCUT2D eigenvalue weighted by Gasteiger charge is -2.14. The second-order valence-electron chi connectivity index (χ2n) is 12.1. The van der Waals surface area contributed by atoms with Crippen molar-refractivity contribution in [2.24, 2.45) is 0 Å². The van der Waals surface area contributed by atoms with Crippen LogP contribution in [-0.2, 0) is 9.53 Å². The molecule has 0 aromatic heterocycles. The van der Waals surface area contributed by atoms with Crippen LogP contribution in [0.3, 0.4) is 0 Å². The molecule has 0 N–H and O–H groups in total. The normalized spacial score (nSPS) is 13.5. The van der Waals surface area contributed by atoms with Gasteiger partial charge in [0.25, 0.3) is 0 Å². The third kappa shape index (κ3) is 28.9. The lowest BCUT2D eigenvalue weighted by Crippen LogP contribution is -2.14. The minimum atomic E-state index is -0.307. The van der Waals surface area contributed by atoms with E-state index in [9.17, 15) is 4.79 Å². The summed E-state index contributed by atoms with van der Waals surface area (Å²) in [6.45, 7) is 15.1. The summed E-state index contributed by atoms with van der Waals surface area (Å²) in [6, 6.07) is 0. The molecule has 0 aliphatic carbocycles. The van der Waals surface area contributed by atoms with Gasteiger partial charge < -0.3 is 4.74 Å². The van der Waals surface area contributed by atoms with Gasteiger partial charge in [0.1, 0.15) is 6.10 Å². The highest BCUT2D eigenvalue weighted by Gasteiger charge is 2.09. The first-order chi connectivity index (χ1) is 20.2. The van der Waals surface area contributed by atoms with Crippen LogP contribution < -0.4 is 0 Å². The molecular weight excluding hydrogens is 512 g/mol. The zero-order valence-corrected chi connectivity index (χ0v) is 28.4. The summed E-state index contributed by atoms with van der Waals surface area (Å²) in [4.78, 5) is 12.6. The Morgan fingerprint density at radius 3 is 1.71 bits per heavy atom. The number of carbonyl (C=O) groups excluding carboxylic acids is 1. The van der Waals surface area contributed by atoms with E-state index in [0.717, 1.165) is 32.1 Å². The van der Waals surface area contributed by atoms with Crippen molar-refractivity contribution in [1.82, 2.24) is 0 Å². The maximum absolute atomic E-state index is 12.6. The topological polar surface area (TPSA) is 26.3 Å². The third-order valence-corrected chi connectivity index (χ3v) is 7.02. The fraction of sp³-hybridized carbons (Fsp3) is 0.575. The van der Waals surface area contributed by atoms with E-state index in [1.807, 2.05) is 24.3 Å². The van der Waals surface area contributed by atoms with Gasteiger partial charge in [-0.1, -0.05) is 141 Å². The lowest BCUT2D eigenvalue weighted by atomic mass is 10.0. The predicted molar refractivity (Wildman–Crippen MR) is 188 cm³/mol. The number of ether oxygens (including phenoxy) is 1. The lowest BCUT2D eigenvalue weighted by molar-refractivity contribution is -0.140. The van der Waals surface area contributed by atoms with E-state index in [-0.39, 0.29) is 12.1 Å². The Morgan fingerprint density at radius 2 is 1.12 bits per heavy atom. The molecule has 2 nitrogen and oxygen atoms in total. The van der Waals surface area contributed by atoms with Crippen molar-refractivity contribution < 1.29 is 9.53 Å². The van der Waals surface area contributed by atoms with Gasteiger partial charge in [-0.2, -0.15) is 0 Å². The molecule has 0 aromatic rings. The zero-order chi connectivity index (χ0) is 31.3. The minimum Gasteiger partial charge on any atom is -0.455 e. The quantitative estimate of drug-likeness (QED) is 0.0375. The molecule has 42 heavy (non-hydrogen) atoms. The average Bonchev–Trinajstić information content (AvgIpc) is 2.93. The molecule has 0 saturated carbocycles. The summed E-state index contributed by atoms with van der Waals surface area (Å²) in [7, 11) is 0. The van der Waals surface area contributed by atoms with Crippen LogP contribution in [0.1, 0.15) is 145 Å². The molecule has 0 aliphatic rings. The van der Waals surface area contributed by atoms with E-state index in [4.69, 9.17) is 4.74 Å². The Bertz CT molecular complexity index is 925. The third-order valence-electron chi connectivity index (χ3n) is 7.02.